The summed E-state index contributed by atoms with van der Waals surface area (Å²) >= 11 is 0. The summed E-state index contributed by atoms with van der Waals surface area (Å²) in [6.45, 7) is 0.799. The van der Waals surface area contributed by atoms with Crippen LogP contribution in [-0.4, -0.2) is 38.1 Å². The molecular formula is C16H15F3N2O5S. The summed E-state index contributed by atoms with van der Waals surface area (Å²) < 4.78 is 71.3. The van der Waals surface area contributed by atoms with Crippen LogP contribution in [0.25, 0.3) is 0 Å². The molecule has 0 spiro atoms. The van der Waals surface area contributed by atoms with Gasteiger partial charge in [-0.05, 0) is 49.2 Å². The average Bonchev–Trinajstić information content (AvgIpc) is 3.27. The molecular weight excluding hydrogens is 389 g/mol. The Bertz CT molecular complexity index is 916. The Labute approximate surface area is 152 Å². The number of nitrogens with one attached hydrogen (secondary N) is 1. The van der Waals surface area contributed by atoms with Crippen LogP contribution in [0.15, 0.2) is 45.9 Å². The molecule has 1 aliphatic rings. The van der Waals surface area contributed by atoms with Gasteiger partial charge in [0.1, 0.15) is 5.75 Å². The van der Waals surface area contributed by atoms with Crippen LogP contribution in [0, 0.1) is 0 Å². The van der Waals surface area contributed by atoms with Gasteiger partial charge in [-0.3, -0.25) is 4.79 Å². The van der Waals surface area contributed by atoms with Crippen molar-refractivity contribution in [3.63, 3.8) is 0 Å². The zero-order valence-electron chi connectivity index (χ0n) is 13.8. The van der Waals surface area contributed by atoms with E-state index in [1.54, 1.807) is 0 Å². The number of ether oxygens (including phenoxy) is 1. The third-order valence-electron chi connectivity index (χ3n) is 3.81. The summed E-state index contributed by atoms with van der Waals surface area (Å²) in [6.07, 6.45) is -3.28. The predicted molar refractivity (Wildman–Crippen MR) is 87.8 cm³/mol. The van der Waals surface area contributed by atoms with Crippen molar-refractivity contribution < 1.29 is 35.5 Å². The molecule has 1 saturated heterocycles. The molecule has 1 fully saturated rings. The van der Waals surface area contributed by atoms with Crippen LogP contribution in [-0.2, 0) is 10.0 Å². The number of nitrogens with zero attached hydrogens (tertiary/aromatic N) is 1. The van der Waals surface area contributed by atoms with Gasteiger partial charge in [-0.2, -0.15) is 4.31 Å². The Balaban J connectivity index is 1.67. The quantitative estimate of drug-likeness (QED) is 0.827. The normalized spacial score (nSPS) is 15.7. The number of furan rings is 1. The lowest BCUT2D eigenvalue weighted by Gasteiger charge is -2.12. The summed E-state index contributed by atoms with van der Waals surface area (Å²) in [4.78, 5) is 12.2. The van der Waals surface area contributed by atoms with Gasteiger partial charge in [0.25, 0.3) is 15.9 Å². The molecule has 146 valence electrons. The predicted octanol–water partition coefficient (Wildman–Crippen LogP) is 3.22. The van der Waals surface area contributed by atoms with E-state index in [2.05, 4.69) is 10.1 Å². The SMILES string of the molecule is O=C(Nc1ccc(OC(F)(F)F)cc1)c1ccc(S(=O)(=O)N2CCCC2)o1. The van der Waals surface area contributed by atoms with Crippen molar-refractivity contribution in [1.82, 2.24) is 4.31 Å². The lowest BCUT2D eigenvalue weighted by Crippen LogP contribution is -2.27. The lowest BCUT2D eigenvalue weighted by atomic mass is 10.3. The number of halogens is 3. The highest BCUT2D eigenvalue weighted by molar-refractivity contribution is 7.89. The summed E-state index contributed by atoms with van der Waals surface area (Å²) in [6, 6.07) is 6.92. The molecule has 1 aromatic heterocycles. The van der Waals surface area contributed by atoms with Crippen LogP contribution in [0.1, 0.15) is 23.4 Å². The fraction of sp³-hybridized carbons (Fsp3) is 0.312. The zero-order valence-corrected chi connectivity index (χ0v) is 14.6. The van der Waals surface area contributed by atoms with Crippen LogP contribution in [0.2, 0.25) is 0 Å². The highest BCUT2D eigenvalue weighted by Gasteiger charge is 2.31. The van der Waals surface area contributed by atoms with Crippen molar-refractivity contribution in [2.45, 2.75) is 24.3 Å². The Morgan fingerprint density at radius 2 is 1.70 bits per heavy atom. The Kier molecular flexibility index (Phi) is 5.16. The molecule has 1 N–H and O–H groups in total. The van der Waals surface area contributed by atoms with Crippen molar-refractivity contribution in [3.05, 3.63) is 42.2 Å². The highest BCUT2D eigenvalue weighted by Crippen LogP contribution is 2.25. The van der Waals surface area contributed by atoms with E-state index in [0.717, 1.165) is 25.0 Å². The van der Waals surface area contributed by atoms with Crippen molar-refractivity contribution >= 4 is 21.6 Å². The molecule has 11 heteroatoms. The third-order valence-corrected chi connectivity index (χ3v) is 5.58. The summed E-state index contributed by atoms with van der Waals surface area (Å²) in [7, 11) is -3.78. The number of hydrogen-bond donors (Lipinski definition) is 1. The van der Waals surface area contributed by atoms with Crippen LogP contribution in [0.3, 0.4) is 0 Å². The van der Waals surface area contributed by atoms with Gasteiger partial charge in [-0.15, -0.1) is 13.2 Å². The molecule has 1 aromatic carbocycles. The van der Waals surface area contributed by atoms with E-state index < -0.39 is 28.0 Å². The molecule has 1 aliphatic heterocycles. The standard InChI is InChI=1S/C16H15F3N2O5S/c17-16(18,19)26-12-5-3-11(4-6-12)20-15(22)13-7-8-14(25-13)27(23,24)21-9-1-2-10-21/h3-8H,1-2,9-10H2,(H,20,22). The maximum absolute atomic E-state index is 12.4. The third kappa shape index (κ3) is 4.61. The summed E-state index contributed by atoms with van der Waals surface area (Å²) in [5, 5.41) is 2.07. The van der Waals surface area contributed by atoms with Gasteiger partial charge >= 0.3 is 6.36 Å². The van der Waals surface area contributed by atoms with Crippen molar-refractivity contribution in [2.24, 2.45) is 0 Å². The first-order valence-electron chi connectivity index (χ1n) is 7.92. The molecule has 7 nitrogen and oxygen atoms in total. The van der Waals surface area contributed by atoms with Crippen LogP contribution < -0.4 is 10.1 Å². The number of carbonyl (C=O) groups excluding carboxylic acids is 1. The molecule has 0 saturated carbocycles. The molecule has 1 amide bonds. The maximum Gasteiger partial charge on any atom is 0.573 e. The van der Waals surface area contributed by atoms with E-state index in [0.29, 0.717) is 13.1 Å². The van der Waals surface area contributed by atoms with Crippen molar-refractivity contribution in [2.75, 3.05) is 18.4 Å². The Morgan fingerprint density at radius 3 is 2.30 bits per heavy atom. The number of anilines is 1. The van der Waals surface area contributed by atoms with Gasteiger partial charge < -0.3 is 14.5 Å². The van der Waals surface area contributed by atoms with Crippen molar-refractivity contribution in [1.29, 1.82) is 0 Å². The number of carbonyl (C=O) groups is 1. The zero-order chi connectivity index (χ0) is 19.7. The van der Waals surface area contributed by atoms with Gasteiger partial charge in [0.2, 0.25) is 5.09 Å². The largest absolute Gasteiger partial charge is 0.573 e. The molecule has 3 rings (SSSR count). The minimum atomic E-state index is -4.81. The first kappa shape index (κ1) is 19.2. The molecule has 0 radical (unpaired) electrons. The molecule has 0 aliphatic carbocycles. The number of sulfonamides is 1. The van der Waals surface area contributed by atoms with Crippen LogP contribution in [0.4, 0.5) is 18.9 Å². The molecule has 2 aromatic rings. The number of hydrogen-bond acceptors (Lipinski definition) is 5. The summed E-state index contributed by atoms with van der Waals surface area (Å²) in [5.74, 6) is -1.40. The van der Waals surface area contributed by atoms with Gasteiger partial charge in [-0.25, -0.2) is 8.42 Å². The number of rotatable bonds is 5. The average molecular weight is 404 g/mol. The van der Waals surface area contributed by atoms with E-state index in [1.807, 2.05) is 0 Å². The minimum absolute atomic E-state index is 0.190. The molecule has 0 bridgehead atoms. The van der Waals surface area contributed by atoms with E-state index in [-0.39, 0.29) is 16.5 Å². The second-order valence-electron chi connectivity index (χ2n) is 5.76. The Morgan fingerprint density at radius 1 is 1.07 bits per heavy atom. The number of benzene rings is 1. The molecule has 27 heavy (non-hydrogen) atoms. The second kappa shape index (κ2) is 7.24. The maximum atomic E-state index is 12.4. The lowest BCUT2D eigenvalue weighted by molar-refractivity contribution is -0.274. The van der Waals surface area contributed by atoms with Crippen LogP contribution in [0.5, 0.6) is 5.75 Å². The van der Waals surface area contributed by atoms with E-state index >= 15 is 0 Å². The van der Waals surface area contributed by atoms with Gasteiger partial charge in [0.05, 0.1) is 0 Å². The number of amides is 1. The van der Waals surface area contributed by atoms with Crippen LogP contribution >= 0.6 is 0 Å². The van der Waals surface area contributed by atoms with Gasteiger partial charge in [0.15, 0.2) is 5.76 Å². The Hall–Kier alpha value is -2.53. The monoisotopic (exact) mass is 404 g/mol. The first-order valence-corrected chi connectivity index (χ1v) is 9.36. The molecule has 0 atom stereocenters. The first-order chi connectivity index (χ1) is 12.6. The summed E-state index contributed by atoms with van der Waals surface area (Å²) in [5.41, 5.74) is 0.190. The topological polar surface area (TPSA) is 88.8 Å². The number of alkyl halides is 3. The smallest absolute Gasteiger partial charge is 0.438 e. The van der Waals surface area contributed by atoms with Gasteiger partial charge in [-0.1, -0.05) is 0 Å². The molecule has 0 unspecified atom stereocenters. The minimum Gasteiger partial charge on any atom is -0.438 e. The van der Waals surface area contributed by atoms with Crippen molar-refractivity contribution in [3.8, 4) is 5.75 Å². The molecule has 2 heterocycles. The van der Waals surface area contributed by atoms with Gasteiger partial charge in [0, 0.05) is 18.8 Å². The van der Waals surface area contributed by atoms with E-state index in [9.17, 15) is 26.4 Å². The van der Waals surface area contributed by atoms with E-state index in [4.69, 9.17) is 4.42 Å². The highest BCUT2D eigenvalue weighted by atomic mass is 32.2. The second-order valence-corrected chi connectivity index (χ2v) is 7.63. The fourth-order valence-electron chi connectivity index (χ4n) is 2.57. The van der Waals surface area contributed by atoms with E-state index in [1.165, 1.54) is 28.6 Å². The fourth-order valence-corrected chi connectivity index (χ4v) is 4.00.